The molecule has 0 aliphatic heterocycles. The summed E-state index contributed by atoms with van der Waals surface area (Å²) in [6.07, 6.45) is 0. The number of rotatable bonds is 4. The van der Waals surface area contributed by atoms with E-state index in [2.05, 4.69) is 10.6 Å². The zero-order valence-electron chi connectivity index (χ0n) is 12.8. The van der Waals surface area contributed by atoms with Gasteiger partial charge in [0.1, 0.15) is 0 Å². The lowest BCUT2D eigenvalue weighted by Crippen LogP contribution is -2.19. The molecule has 0 radical (unpaired) electrons. The fourth-order valence-corrected chi connectivity index (χ4v) is 2.38. The molecule has 4 N–H and O–H groups in total. The molecular weight excluding hydrogens is 316 g/mol. The van der Waals surface area contributed by atoms with Crippen LogP contribution in [0.2, 0.25) is 0 Å². The average Bonchev–Trinajstić information content (AvgIpc) is 2.47. The number of nitrogens with two attached hydrogens (primary N) is 1. The van der Waals surface area contributed by atoms with E-state index < -0.39 is 16.1 Å². The summed E-state index contributed by atoms with van der Waals surface area (Å²) in [4.78, 5) is 13.9. The minimum Gasteiger partial charge on any atom is -0.378 e. The minimum atomic E-state index is -3.74. The molecule has 2 rings (SSSR count). The largest absolute Gasteiger partial charge is 0.378 e. The van der Waals surface area contributed by atoms with E-state index in [1.54, 1.807) is 12.1 Å². The van der Waals surface area contributed by atoms with Crippen LogP contribution in [-0.4, -0.2) is 28.5 Å². The molecule has 2 aromatic carbocycles. The number of sulfonamides is 1. The molecule has 0 saturated carbocycles. The molecule has 2 amide bonds. The third kappa shape index (κ3) is 4.70. The van der Waals surface area contributed by atoms with Gasteiger partial charge in [-0.15, -0.1) is 0 Å². The van der Waals surface area contributed by atoms with Crippen LogP contribution in [0.1, 0.15) is 0 Å². The Labute approximate surface area is 135 Å². The Hall–Kier alpha value is -2.58. The summed E-state index contributed by atoms with van der Waals surface area (Å²) in [5, 5.41) is 10.3. The van der Waals surface area contributed by atoms with Crippen LogP contribution in [0.5, 0.6) is 0 Å². The third-order valence-electron chi connectivity index (χ3n) is 3.08. The van der Waals surface area contributed by atoms with Gasteiger partial charge >= 0.3 is 6.03 Å². The molecule has 0 aliphatic rings. The second kappa shape index (κ2) is 6.67. The first-order valence-corrected chi connectivity index (χ1v) is 8.28. The number of carbonyl (C=O) groups excluding carboxylic acids is 1. The summed E-state index contributed by atoms with van der Waals surface area (Å²) >= 11 is 0. The number of hydrogen-bond donors (Lipinski definition) is 3. The van der Waals surface area contributed by atoms with Crippen molar-refractivity contribution in [2.45, 2.75) is 4.90 Å². The number of urea groups is 1. The minimum absolute atomic E-state index is 0.0114. The second-order valence-electron chi connectivity index (χ2n) is 5.09. The smallest absolute Gasteiger partial charge is 0.323 e. The fraction of sp³-hybridized carbons (Fsp3) is 0.133. The Morgan fingerprint density at radius 3 is 1.74 bits per heavy atom. The lowest BCUT2D eigenvalue weighted by Gasteiger charge is -2.13. The predicted octanol–water partition coefficient (Wildman–Crippen LogP) is 2.04. The van der Waals surface area contributed by atoms with Crippen LogP contribution >= 0.6 is 0 Å². The number of anilines is 3. The molecule has 0 fully saturated rings. The Morgan fingerprint density at radius 2 is 1.35 bits per heavy atom. The first-order chi connectivity index (χ1) is 10.8. The standard InChI is InChI=1S/C15H18N4O3S/c1-19(2)13-7-3-11(4-8-13)17-15(20)18-12-5-9-14(10-6-12)23(16,21)22/h3-10H,1-2H3,(H2,16,21,22)(H2,17,18,20). The molecule has 122 valence electrons. The van der Waals surface area contributed by atoms with E-state index in [-0.39, 0.29) is 4.90 Å². The second-order valence-corrected chi connectivity index (χ2v) is 6.65. The predicted molar refractivity (Wildman–Crippen MR) is 91.2 cm³/mol. The maximum Gasteiger partial charge on any atom is 0.323 e. The normalized spacial score (nSPS) is 10.9. The molecule has 0 spiro atoms. The van der Waals surface area contributed by atoms with Gasteiger partial charge in [-0.2, -0.15) is 0 Å². The van der Waals surface area contributed by atoms with Crippen LogP contribution in [0.15, 0.2) is 53.4 Å². The van der Waals surface area contributed by atoms with Crippen LogP contribution in [0.25, 0.3) is 0 Å². The van der Waals surface area contributed by atoms with Crippen molar-refractivity contribution in [3.8, 4) is 0 Å². The number of carbonyl (C=O) groups is 1. The zero-order valence-corrected chi connectivity index (χ0v) is 13.6. The zero-order chi connectivity index (χ0) is 17.0. The molecule has 7 nitrogen and oxygen atoms in total. The van der Waals surface area contributed by atoms with Gasteiger partial charge in [0.25, 0.3) is 0 Å². The van der Waals surface area contributed by atoms with Crippen molar-refractivity contribution in [2.24, 2.45) is 5.14 Å². The van der Waals surface area contributed by atoms with E-state index in [0.29, 0.717) is 11.4 Å². The van der Waals surface area contributed by atoms with Crippen LogP contribution < -0.4 is 20.7 Å². The fourth-order valence-electron chi connectivity index (χ4n) is 1.86. The molecule has 0 unspecified atom stereocenters. The van der Waals surface area contributed by atoms with Gasteiger partial charge in [0.05, 0.1) is 4.90 Å². The first-order valence-electron chi connectivity index (χ1n) is 6.74. The Morgan fingerprint density at radius 1 is 0.913 bits per heavy atom. The molecule has 0 heterocycles. The van der Waals surface area contributed by atoms with E-state index in [1.807, 2.05) is 31.1 Å². The Kier molecular flexibility index (Phi) is 4.87. The summed E-state index contributed by atoms with van der Waals surface area (Å²) in [6.45, 7) is 0. The molecule has 23 heavy (non-hydrogen) atoms. The van der Waals surface area contributed by atoms with Gasteiger partial charge < -0.3 is 15.5 Å². The van der Waals surface area contributed by atoms with Crippen molar-refractivity contribution in [1.29, 1.82) is 0 Å². The molecule has 0 atom stereocenters. The van der Waals surface area contributed by atoms with Crippen LogP contribution in [0.4, 0.5) is 21.9 Å². The van der Waals surface area contributed by atoms with Crippen molar-refractivity contribution >= 4 is 33.1 Å². The summed E-state index contributed by atoms with van der Waals surface area (Å²) in [5.41, 5.74) is 2.13. The van der Waals surface area contributed by atoms with Gasteiger partial charge in [-0.1, -0.05) is 0 Å². The first kappa shape index (κ1) is 16.8. The van der Waals surface area contributed by atoms with Gasteiger partial charge in [0, 0.05) is 31.2 Å². The Balaban J connectivity index is 1.99. The molecule has 0 bridgehead atoms. The van der Waals surface area contributed by atoms with Crippen molar-refractivity contribution in [1.82, 2.24) is 0 Å². The van der Waals surface area contributed by atoms with Gasteiger partial charge in [-0.05, 0) is 48.5 Å². The van der Waals surface area contributed by atoms with Crippen molar-refractivity contribution in [3.63, 3.8) is 0 Å². The van der Waals surface area contributed by atoms with Crippen molar-refractivity contribution in [2.75, 3.05) is 29.6 Å². The van der Waals surface area contributed by atoms with Crippen molar-refractivity contribution in [3.05, 3.63) is 48.5 Å². The quantitative estimate of drug-likeness (QED) is 0.796. The molecule has 8 heteroatoms. The van der Waals surface area contributed by atoms with Gasteiger partial charge in [-0.25, -0.2) is 18.4 Å². The van der Waals surface area contributed by atoms with E-state index in [0.717, 1.165) is 5.69 Å². The molecule has 2 aromatic rings. The number of nitrogens with zero attached hydrogens (tertiary/aromatic N) is 1. The lowest BCUT2D eigenvalue weighted by molar-refractivity contribution is 0.262. The molecule has 0 saturated heterocycles. The highest BCUT2D eigenvalue weighted by atomic mass is 32.2. The highest BCUT2D eigenvalue weighted by Gasteiger charge is 2.08. The van der Waals surface area contributed by atoms with E-state index >= 15 is 0 Å². The summed E-state index contributed by atoms with van der Waals surface area (Å²) in [5.74, 6) is 0. The van der Waals surface area contributed by atoms with Crippen LogP contribution in [0, 0.1) is 0 Å². The monoisotopic (exact) mass is 334 g/mol. The van der Waals surface area contributed by atoms with Gasteiger partial charge in [-0.3, -0.25) is 0 Å². The third-order valence-corrected chi connectivity index (χ3v) is 4.01. The summed E-state index contributed by atoms with van der Waals surface area (Å²) in [6, 6.07) is 12.5. The molecular formula is C15H18N4O3S. The highest BCUT2D eigenvalue weighted by Crippen LogP contribution is 2.17. The number of amides is 2. The van der Waals surface area contributed by atoms with Crippen LogP contribution in [0.3, 0.4) is 0 Å². The van der Waals surface area contributed by atoms with Gasteiger partial charge in [0.2, 0.25) is 10.0 Å². The van der Waals surface area contributed by atoms with Gasteiger partial charge in [0.15, 0.2) is 0 Å². The van der Waals surface area contributed by atoms with Crippen LogP contribution in [-0.2, 0) is 10.0 Å². The average molecular weight is 334 g/mol. The number of nitrogens with one attached hydrogen (secondary N) is 2. The topological polar surface area (TPSA) is 105 Å². The lowest BCUT2D eigenvalue weighted by atomic mass is 10.2. The Bertz CT molecular complexity index is 784. The number of benzene rings is 2. The maximum absolute atomic E-state index is 11.9. The van der Waals surface area contributed by atoms with E-state index in [9.17, 15) is 13.2 Å². The van der Waals surface area contributed by atoms with E-state index in [1.165, 1.54) is 24.3 Å². The maximum atomic E-state index is 11.9. The molecule has 0 aromatic heterocycles. The SMILES string of the molecule is CN(C)c1ccc(NC(=O)Nc2ccc(S(N)(=O)=O)cc2)cc1. The summed E-state index contributed by atoms with van der Waals surface area (Å²) in [7, 11) is 0.122. The number of hydrogen-bond acceptors (Lipinski definition) is 4. The van der Waals surface area contributed by atoms with Crippen molar-refractivity contribution < 1.29 is 13.2 Å². The highest BCUT2D eigenvalue weighted by molar-refractivity contribution is 7.89. The van der Waals surface area contributed by atoms with E-state index in [4.69, 9.17) is 5.14 Å². The molecule has 0 aliphatic carbocycles. The summed E-state index contributed by atoms with van der Waals surface area (Å²) < 4.78 is 22.3. The number of primary sulfonamides is 1.